The summed E-state index contributed by atoms with van der Waals surface area (Å²) in [6.07, 6.45) is 0. The summed E-state index contributed by atoms with van der Waals surface area (Å²) in [7, 11) is -8.35. The molecule has 31 heavy (non-hydrogen) atoms. The van der Waals surface area contributed by atoms with Crippen LogP contribution in [-0.4, -0.2) is 22.0 Å². The lowest BCUT2D eigenvalue weighted by Gasteiger charge is -2.27. The van der Waals surface area contributed by atoms with Crippen LogP contribution in [0.3, 0.4) is 0 Å². The van der Waals surface area contributed by atoms with E-state index in [0.717, 1.165) is 27.4 Å². The number of thiophene rings is 1. The first kappa shape index (κ1) is 23.1. The Morgan fingerprint density at radius 3 is 2.35 bits per heavy atom. The van der Waals surface area contributed by atoms with E-state index >= 15 is 0 Å². The SMILES string of the molecule is Cc1cc2c(cc1Cl)SC(N(c1ccc(Cl)cc1)S(=O)(=O)c1ccc(Br)s1)=NS2(=O)=O. The van der Waals surface area contributed by atoms with E-state index < -0.39 is 20.0 Å². The summed E-state index contributed by atoms with van der Waals surface area (Å²) in [4.78, 5) is 0.276. The highest BCUT2D eigenvalue weighted by Gasteiger charge is 2.37. The zero-order valence-electron chi connectivity index (χ0n) is 15.4. The van der Waals surface area contributed by atoms with Crippen molar-refractivity contribution >= 4 is 93.1 Å². The predicted molar refractivity (Wildman–Crippen MR) is 130 cm³/mol. The molecule has 1 aliphatic rings. The Morgan fingerprint density at radius 1 is 1.06 bits per heavy atom. The minimum absolute atomic E-state index is 0.0164. The molecule has 6 nitrogen and oxygen atoms in total. The minimum Gasteiger partial charge on any atom is -0.210 e. The van der Waals surface area contributed by atoms with Gasteiger partial charge in [0.15, 0.2) is 5.17 Å². The first-order chi connectivity index (χ1) is 14.5. The van der Waals surface area contributed by atoms with Crippen molar-refractivity contribution < 1.29 is 16.8 Å². The Kier molecular flexibility index (Phi) is 6.23. The first-order valence-corrected chi connectivity index (χ1v) is 14.4. The molecule has 0 saturated carbocycles. The van der Waals surface area contributed by atoms with E-state index in [9.17, 15) is 16.8 Å². The van der Waals surface area contributed by atoms with E-state index in [-0.39, 0.29) is 20.0 Å². The molecule has 0 spiro atoms. The summed E-state index contributed by atoms with van der Waals surface area (Å²) in [5.74, 6) is 0. The van der Waals surface area contributed by atoms with E-state index in [1.807, 2.05) is 0 Å². The van der Waals surface area contributed by atoms with Crippen LogP contribution in [0.15, 0.2) is 70.7 Å². The van der Waals surface area contributed by atoms with Crippen molar-refractivity contribution in [2.24, 2.45) is 4.40 Å². The van der Waals surface area contributed by atoms with Crippen LogP contribution in [0.2, 0.25) is 10.0 Å². The Balaban J connectivity index is 1.93. The normalized spacial score (nSPS) is 15.3. The van der Waals surface area contributed by atoms with Gasteiger partial charge >= 0.3 is 0 Å². The highest BCUT2D eigenvalue weighted by Crippen LogP contribution is 2.41. The summed E-state index contributed by atoms with van der Waals surface area (Å²) in [5, 5.41) is 0.531. The van der Waals surface area contributed by atoms with Crippen LogP contribution in [0.4, 0.5) is 5.69 Å². The van der Waals surface area contributed by atoms with Gasteiger partial charge in [0.2, 0.25) is 0 Å². The first-order valence-electron chi connectivity index (χ1n) is 8.38. The van der Waals surface area contributed by atoms with Gasteiger partial charge in [-0.1, -0.05) is 23.2 Å². The van der Waals surface area contributed by atoms with E-state index in [0.29, 0.717) is 24.3 Å². The number of hydrogen-bond donors (Lipinski definition) is 0. The Morgan fingerprint density at radius 2 is 1.74 bits per heavy atom. The fourth-order valence-corrected chi connectivity index (χ4v) is 9.58. The molecule has 13 heteroatoms. The molecule has 3 aromatic rings. The van der Waals surface area contributed by atoms with Gasteiger partial charge in [0.05, 0.1) is 9.47 Å². The molecular formula is C18H11BrCl2N2O4S4. The molecule has 162 valence electrons. The van der Waals surface area contributed by atoms with Crippen LogP contribution < -0.4 is 4.31 Å². The monoisotopic (exact) mass is 596 g/mol. The minimum atomic E-state index is -4.19. The zero-order chi connectivity index (χ0) is 22.6. The number of rotatable bonds is 3. The molecule has 0 amide bonds. The summed E-state index contributed by atoms with van der Waals surface area (Å²) in [5.41, 5.74) is 0.769. The number of anilines is 1. The van der Waals surface area contributed by atoms with Crippen molar-refractivity contribution in [2.75, 3.05) is 4.31 Å². The lowest BCUT2D eigenvalue weighted by molar-refractivity contribution is 0.595. The topological polar surface area (TPSA) is 83.9 Å². The highest BCUT2D eigenvalue weighted by molar-refractivity contribution is 9.11. The molecule has 0 unspecified atom stereocenters. The molecule has 0 saturated heterocycles. The maximum Gasteiger partial charge on any atom is 0.285 e. The smallest absolute Gasteiger partial charge is 0.210 e. The number of hydrogen-bond acceptors (Lipinski definition) is 6. The van der Waals surface area contributed by atoms with Crippen molar-refractivity contribution in [3.05, 3.63) is 67.9 Å². The van der Waals surface area contributed by atoms with Crippen LogP contribution >= 0.6 is 62.2 Å². The third kappa shape index (κ3) is 4.41. The van der Waals surface area contributed by atoms with Crippen LogP contribution in [0, 0.1) is 6.92 Å². The number of benzene rings is 2. The van der Waals surface area contributed by atoms with Crippen molar-refractivity contribution in [3.8, 4) is 0 Å². The molecule has 2 aromatic carbocycles. The number of nitrogens with zero attached hydrogens (tertiary/aromatic N) is 2. The standard InChI is InChI=1S/C18H11BrCl2N2O4S4/c1-10-8-15-14(9-13(10)21)28-18(22-30(15,24)25)23(12-4-2-11(20)3-5-12)31(26,27)17-7-6-16(19)29-17/h2-9H,1H3. The van der Waals surface area contributed by atoms with Gasteiger partial charge in [-0.15, -0.1) is 15.7 Å². The number of sulfonamides is 2. The molecular weight excluding hydrogens is 587 g/mol. The lowest BCUT2D eigenvalue weighted by atomic mass is 10.2. The number of fused-ring (bicyclic) bond motifs is 1. The van der Waals surface area contributed by atoms with Gasteiger partial charge in [-0.2, -0.15) is 16.8 Å². The van der Waals surface area contributed by atoms with Crippen LogP contribution in [0.1, 0.15) is 5.56 Å². The fraction of sp³-hybridized carbons (Fsp3) is 0.0556. The summed E-state index contributed by atoms with van der Waals surface area (Å²) < 4.78 is 58.3. The molecule has 2 heterocycles. The van der Waals surface area contributed by atoms with E-state index in [1.165, 1.54) is 42.5 Å². The predicted octanol–water partition coefficient (Wildman–Crippen LogP) is 6.17. The average molecular weight is 598 g/mol. The van der Waals surface area contributed by atoms with Gasteiger partial charge < -0.3 is 0 Å². The van der Waals surface area contributed by atoms with Gasteiger partial charge in [-0.05, 0) is 88.7 Å². The van der Waals surface area contributed by atoms with Gasteiger partial charge in [0.1, 0.15) is 9.10 Å². The van der Waals surface area contributed by atoms with Crippen molar-refractivity contribution in [1.82, 2.24) is 0 Å². The van der Waals surface area contributed by atoms with Crippen molar-refractivity contribution in [3.63, 3.8) is 0 Å². The van der Waals surface area contributed by atoms with Crippen molar-refractivity contribution in [2.45, 2.75) is 20.9 Å². The molecule has 4 rings (SSSR count). The third-order valence-corrected chi connectivity index (χ3v) is 11.3. The lowest BCUT2D eigenvalue weighted by Crippen LogP contribution is -2.36. The molecule has 0 N–H and O–H groups in total. The maximum absolute atomic E-state index is 13.5. The Labute approximate surface area is 206 Å². The maximum atomic E-state index is 13.5. The van der Waals surface area contributed by atoms with Gasteiger partial charge in [0.25, 0.3) is 20.0 Å². The molecule has 0 radical (unpaired) electrons. The average Bonchev–Trinajstić information content (AvgIpc) is 3.12. The molecule has 1 aromatic heterocycles. The summed E-state index contributed by atoms with van der Waals surface area (Å²) in [6, 6.07) is 12.0. The van der Waals surface area contributed by atoms with E-state index in [2.05, 4.69) is 20.3 Å². The number of aryl methyl sites for hydroxylation is 1. The second-order valence-electron chi connectivity index (χ2n) is 6.30. The quantitative estimate of drug-likeness (QED) is 0.360. The Hall–Kier alpha value is -1.08. The molecule has 0 atom stereocenters. The highest BCUT2D eigenvalue weighted by atomic mass is 79.9. The fourth-order valence-electron chi connectivity index (χ4n) is 2.72. The second kappa shape index (κ2) is 8.36. The number of thioether (sulfide) groups is 1. The number of amidine groups is 1. The third-order valence-electron chi connectivity index (χ3n) is 4.18. The second-order valence-corrected chi connectivity index (χ2v) is 14.2. The summed E-state index contributed by atoms with van der Waals surface area (Å²) >= 11 is 17.3. The van der Waals surface area contributed by atoms with Crippen LogP contribution in [0.5, 0.6) is 0 Å². The van der Waals surface area contributed by atoms with E-state index in [1.54, 1.807) is 13.0 Å². The molecule has 0 aliphatic carbocycles. The molecule has 0 fully saturated rings. The van der Waals surface area contributed by atoms with Gasteiger partial charge in [0, 0.05) is 14.9 Å². The molecule has 0 bridgehead atoms. The van der Waals surface area contributed by atoms with E-state index in [4.69, 9.17) is 23.2 Å². The Bertz CT molecular complexity index is 1440. The molecule has 1 aliphatic heterocycles. The summed E-state index contributed by atoms with van der Waals surface area (Å²) in [6.45, 7) is 1.68. The largest absolute Gasteiger partial charge is 0.285 e. The van der Waals surface area contributed by atoms with Gasteiger partial charge in [-0.25, -0.2) is 4.31 Å². The van der Waals surface area contributed by atoms with Crippen LogP contribution in [-0.2, 0) is 20.0 Å². The number of halogens is 3. The zero-order valence-corrected chi connectivity index (χ0v) is 21.8. The van der Waals surface area contributed by atoms with Crippen molar-refractivity contribution in [1.29, 1.82) is 0 Å². The van der Waals surface area contributed by atoms with Crippen LogP contribution in [0.25, 0.3) is 0 Å². The van der Waals surface area contributed by atoms with Gasteiger partial charge in [-0.3, -0.25) is 0 Å².